The summed E-state index contributed by atoms with van der Waals surface area (Å²) in [6.45, 7) is 2.16. The molecule has 0 fully saturated rings. The molecule has 0 amide bonds. The first-order valence-electron chi connectivity index (χ1n) is 6.56. The minimum atomic E-state index is 0.144. The zero-order valence-corrected chi connectivity index (χ0v) is 11.7. The lowest BCUT2D eigenvalue weighted by molar-refractivity contribution is 0.208. The van der Waals surface area contributed by atoms with Gasteiger partial charge in [-0.25, -0.2) is 0 Å². The Morgan fingerprint density at radius 1 is 1.00 bits per heavy atom. The highest BCUT2D eigenvalue weighted by Gasteiger charge is 2.13. The van der Waals surface area contributed by atoms with E-state index in [4.69, 9.17) is 4.74 Å². The molecule has 1 unspecified atom stereocenters. The highest BCUT2D eigenvalue weighted by molar-refractivity contribution is 7.10. The van der Waals surface area contributed by atoms with E-state index < -0.39 is 0 Å². The molecule has 1 aromatic heterocycles. The van der Waals surface area contributed by atoms with Crippen molar-refractivity contribution >= 4 is 22.1 Å². The summed E-state index contributed by atoms with van der Waals surface area (Å²) >= 11 is 1.76. The van der Waals surface area contributed by atoms with E-state index in [9.17, 15) is 0 Å². The zero-order valence-electron chi connectivity index (χ0n) is 10.9. The van der Waals surface area contributed by atoms with Crippen LogP contribution in [0.3, 0.4) is 0 Å². The van der Waals surface area contributed by atoms with Crippen molar-refractivity contribution < 1.29 is 4.74 Å². The van der Waals surface area contributed by atoms with E-state index >= 15 is 0 Å². The predicted octanol–water partition coefficient (Wildman–Crippen LogP) is 5.43. The van der Waals surface area contributed by atoms with E-state index in [1.807, 2.05) is 0 Å². The van der Waals surface area contributed by atoms with Gasteiger partial charge in [0.2, 0.25) is 0 Å². The second-order valence-corrected chi connectivity index (χ2v) is 5.49. The average Bonchev–Trinajstić information content (AvgIpc) is 2.99. The maximum atomic E-state index is 6.23. The summed E-state index contributed by atoms with van der Waals surface area (Å²) in [6, 6.07) is 18.8. The van der Waals surface area contributed by atoms with Crippen LogP contribution in [0.5, 0.6) is 5.75 Å². The lowest BCUT2D eigenvalue weighted by Gasteiger charge is -2.17. The number of rotatable bonds is 4. The third-order valence-electron chi connectivity index (χ3n) is 3.25. The summed E-state index contributed by atoms with van der Waals surface area (Å²) in [5.74, 6) is 0.971. The minimum absolute atomic E-state index is 0.144. The van der Waals surface area contributed by atoms with Crippen molar-refractivity contribution in [1.82, 2.24) is 0 Å². The molecule has 0 bridgehead atoms. The molecule has 0 aliphatic heterocycles. The lowest BCUT2D eigenvalue weighted by Crippen LogP contribution is -2.04. The summed E-state index contributed by atoms with van der Waals surface area (Å²) in [4.78, 5) is 1.29. The van der Waals surface area contributed by atoms with E-state index in [0.29, 0.717) is 0 Å². The Kier molecular flexibility index (Phi) is 3.51. The molecule has 0 radical (unpaired) electrons. The highest BCUT2D eigenvalue weighted by atomic mass is 32.1. The van der Waals surface area contributed by atoms with Crippen LogP contribution >= 0.6 is 11.3 Å². The number of ether oxygens (including phenoxy) is 1. The van der Waals surface area contributed by atoms with Gasteiger partial charge in [-0.2, -0.15) is 0 Å². The van der Waals surface area contributed by atoms with E-state index in [-0.39, 0.29) is 6.10 Å². The molecule has 0 spiro atoms. The van der Waals surface area contributed by atoms with Crippen molar-refractivity contribution in [2.24, 2.45) is 0 Å². The van der Waals surface area contributed by atoms with Gasteiger partial charge in [0, 0.05) is 10.3 Å². The topological polar surface area (TPSA) is 9.23 Å². The second kappa shape index (κ2) is 5.45. The van der Waals surface area contributed by atoms with Crippen LogP contribution in [-0.2, 0) is 0 Å². The Balaban J connectivity index is 1.96. The lowest BCUT2D eigenvalue weighted by atomic mass is 10.1. The fraction of sp³-hybridized carbons (Fsp3) is 0.176. The molecule has 19 heavy (non-hydrogen) atoms. The molecule has 0 saturated heterocycles. The van der Waals surface area contributed by atoms with Crippen LogP contribution in [0.25, 0.3) is 10.8 Å². The number of benzene rings is 2. The van der Waals surface area contributed by atoms with Gasteiger partial charge in [0.05, 0.1) is 0 Å². The summed E-state index contributed by atoms with van der Waals surface area (Å²) in [6.07, 6.45) is 1.12. The molecule has 3 rings (SSSR count). The quantitative estimate of drug-likeness (QED) is 0.613. The molecule has 1 atom stereocenters. The summed E-state index contributed by atoms with van der Waals surface area (Å²) in [5.41, 5.74) is 0. The SMILES string of the molecule is CCC(Oc1cccc2ccccc12)c1cccs1. The summed E-state index contributed by atoms with van der Waals surface area (Å²) in [7, 11) is 0. The van der Waals surface area contributed by atoms with Gasteiger partial charge in [0.1, 0.15) is 11.9 Å². The van der Waals surface area contributed by atoms with Gasteiger partial charge in [-0.3, -0.25) is 0 Å². The Morgan fingerprint density at radius 3 is 2.63 bits per heavy atom. The van der Waals surface area contributed by atoms with E-state index in [1.54, 1.807) is 11.3 Å². The molecule has 1 heterocycles. The number of hydrogen-bond donors (Lipinski definition) is 0. The van der Waals surface area contributed by atoms with Gasteiger partial charge in [-0.1, -0.05) is 49.4 Å². The van der Waals surface area contributed by atoms with Gasteiger partial charge in [-0.05, 0) is 29.3 Å². The van der Waals surface area contributed by atoms with Crippen LogP contribution in [0.15, 0.2) is 60.0 Å². The Hall–Kier alpha value is -1.80. The van der Waals surface area contributed by atoms with Gasteiger partial charge < -0.3 is 4.74 Å². The predicted molar refractivity (Wildman–Crippen MR) is 81.9 cm³/mol. The third-order valence-corrected chi connectivity index (χ3v) is 4.21. The molecule has 0 N–H and O–H groups in total. The van der Waals surface area contributed by atoms with Gasteiger partial charge in [-0.15, -0.1) is 11.3 Å². The maximum Gasteiger partial charge on any atom is 0.133 e. The Bertz CT molecular complexity index is 653. The second-order valence-electron chi connectivity index (χ2n) is 4.51. The maximum absolute atomic E-state index is 6.23. The first-order chi connectivity index (χ1) is 9.38. The highest BCUT2D eigenvalue weighted by Crippen LogP contribution is 2.32. The number of fused-ring (bicyclic) bond motifs is 1. The van der Waals surface area contributed by atoms with Crippen LogP contribution in [0, 0.1) is 0 Å². The largest absolute Gasteiger partial charge is 0.484 e. The molecule has 2 aromatic carbocycles. The van der Waals surface area contributed by atoms with Crippen LogP contribution in [0.2, 0.25) is 0 Å². The standard InChI is InChI=1S/C17H16OS/c1-2-15(17-11-6-12-19-17)18-16-10-5-8-13-7-3-4-9-14(13)16/h3-12,15H,2H2,1H3. The molecular formula is C17H16OS. The van der Waals surface area contributed by atoms with Crippen molar-refractivity contribution in [3.05, 3.63) is 64.9 Å². The van der Waals surface area contributed by atoms with Crippen molar-refractivity contribution in [3.8, 4) is 5.75 Å². The molecule has 1 nitrogen and oxygen atoms in total. The van der Waals surface area contributed by atoms with E-state index in [1.165, 1.54) is 15.6 Å². The molecule has 0 aliphatic rings. The van der Waals surface area contributed by atoms with Crippen LogP contribution in [0.4, 0.5) is 0 Å². The van der Waals surface area contributed by atoms with Gasteiger partial charge in [0.25, 0.3) is 0 Å². The Labute approximate surface area is 117 Å². The number of thiophene rings is 1. The van der Waals surface area contributed by atoms with Gasteiger partial charge >= 0.3 is 0 Å². The van der Waals surface area contributed by atoms with Crippen LogP contribution in [0.1, 0.15) is 24.3 Å². The minimum Gasteiger partial charge on any atom is -0.484 e. The summed E-state index contributed by atoms with van der Waals surface area (Å²) in [5, 5.41) is 4.51. The van der Waals surface area contributed by atoms with Crippen molar-refractivity contribution in [1.29, 1.82) is 0 Å². The number of hydrogen-bond acceptors (Lipinski definition) is 2. The fourth-order valence-electron chi connectivity index (χ4n) is 2.27. The van der Waals surface area contributed by atoms with Crippen LogP contribution in [-0.4, -0.2) is 0 Å². The summed E-state index contributed by atoms with van der Waals surface area (Å²) < 4.78 is 6.23. The first kappa shape index (κ1) is 12.2. The molecular weight excluding hydrogens is 252 g/mol. The van der Waals surface area contributed by atoms with Crippen molar-refractivity contribution in [3.63, 3.8) is 0 Å². The first-order valence-corrected chi connectivity index (χ1v) is 7.44. The van der Waals surface area contributed by atoms with E-state index in [0.717, 1.165) is 12.2 Å². The van der Waals surface area contributed by atoms with Crippen molar-refractivity contribution in [2.75, 3.05) is 0 Å². The molecule has 96 valence electrons. The van der Waals surface area contributed by atoms with E-state index in [2.05, 4.69) is 66.9 Å². The zero-order chi connectivity index (χ0) is 13.1. The normalized spacial score (nSPS) is 12.5. The van der Waals surface area contributed by atoms with Crippen LogP contribution < -0.4 is 4.74 Å². The molecule has 0 saturated carbocycles. The van der Waals surface area contributed by atoms with Gasteiger partial charge in [0.15, 0.2) is 0 Å². The van der Waals surface area contributed by atoms with Crippen molar-refractivity contribution in [2.45, 2.75) is 19.4 Å². The third kappa shape index (κ3) is 2.49. The molecule has 0 aliphatic carbocycles. The average molecular weight is 268 g/mol. The molecule has 3 aromatic rings. The molecule has 2 heteroatoms. The monoisotopic (exact) mass is 268 g/mol. The smallest absolute Gasteiger partial charge is 0.133 e. The fourth-order valence-corrected chi connectivity index (χ4v) is 3.11. The Morgan fingerprint density at radius 2 is 1.84 bits per heavy atom.